The number of benzene rings is 1. The quantitative estimate of drug-likeness (QED) is 0.744. The highest BCUT2D eigenvalue weighted by Gasteiger charge is 1.92. The molecule has 2 heteroatoms. The van der Waals surface area contributed by atoms with E-state index in [9.17, 15) is 4.79 Å². The number of nitrogens with one attached hydrogen (secondary N) is 1. The fraction of sp³-hybridized carbons (Fsp3) is 0.462. The molecule has 0 saturated heterocycles. The molecule has 0 aliphatic rings. The van der Waals surface area contributed by atoms with Gasteiger partial charge < -0.3 is 5.32 Å². The van der Waals surface area contributed by atoms with E-state index in [0.717, 1.165) is 5.69 Å². The Morgan fingerprint density at radius 3 is 1.73 bits per heavy atom. The van der Waals surface area contributed by atoms with Gasteiger partial charge in [0.1, 0.15) is 0 Å². The van der Waals surface area contributed by atoms with Gasteiger partial charge >= 0.3 is 0 Å². The topological polar surface area (TPSA) is 29.1 Å². The van der Waals surface area contributed by atoms with Crippen LogP contribution in [0.25, 0.3) is 0 Å². The third kappa shape index (κ3) is 9.01. The highest BCUT2D eigenvalue weighted by atomic mass is 16.1. The molecule has 15 heavy (non-hydrogen) atoms. The number of hydrogen-bond donors (Lipinski definition) is 1. The third-order valence-corrected chi connectivity index (χ3v) is 1.37. The molecule has 0 saturated carbocycles. The van der Waals surface area contributed by atoms with Crippen molar-refractivity contribution >= 4 is 11.6 Å². The van der Waals surface area contributed by atoms with Gasteiger partial charge in [-0.2, -0.15) is 0 Å². The van der Waals surface area contributed by atoms with E-state index in [-0.39, 0.29) is 5.91 Å². The van der Waals surface area contributed by atoms with Crippen LogP contribution in [0.1, 0.15) is 40.2 Å². The fourth-order valence-corrected chi connectivity index (χ4v) is 0.840. The Bertz CT molecular complexity index is 252. The number of amides is 1. The van der Waals surface area contributed by atoms with Crippen LogP contribution in [-0.2, 0) is 4.79 Å². The maximum Gasteiger partial charge on any atom is 0.221 e. The summed E-state index contributed by atoms with van der Waals surface area (Å²) in [7, 11) is 0. The van der Waals surface area contributed by atoms with E-state index in [1.54, 1.807) is 0 Å². The molecule has 86 valence electrons. The maximum absolute atomic E-state index is 10.6. The van der Waals surface area contributed by atoms with E-state index in [0.29, 0.717) is 0 Å². The van der Waals surface area contributed by atoms with Crippen molar-refractivity contribution in [3.8, 4) is 0 Å². The standard InChI is InChI=1S/C9H11NO.2C2H6/c1-7-3-5-9(6-4-7)10-8(2)11;2*1-2/h3-6H,1-2H3,(H,10,11);2*1-2H3. The number of anilines is 1. The summed E-state index contributed by atoms with van der Waals surface area (Å²) in [5.74, 6) is -0.0335. The molecule has 2 nitrogen and oxygen atoms in total. The zero-order valence-electron chi connectivity index (χ0n) is 10.7. The molecule has 0 atom stereocenters. The zero-order valence-corrected chi connectivity index (χ0v) is 10.7. The van der Waals surface area contributed by atoms with Gasteiger partial charge in [-0.1, -0.05) is 45.4 Å². The molecule has 0 spiro atoms. The first-order valence-electron chi connectivity index (χ1n) is 5.53. The lowest BCUT2D eigenvalue weighted by atomic mass is 10.2. The Morgan fingerprint density at radius 2 is 1.40 bits per heavy atom. The monoisotopic (exact) mass is 209 g/mol. The Hall–Kier alpha value is -1.31. The molecule has 1 amide bonds. The normalized spacial score (nSPS) is 7.60. The van der Waals surface area contributed by atoms with Crippen molar-refractivity contribution in [3.05, 3.63) is 29.8 Å². The van der Waals surface area contributed by atoms with Crippen molar-refractivity contribution in [1.82, 2.24) is 0 Å². The second kappa shape index (κ2) is 10.8. The van der Waals surface area contributed by atoms with Gasteiger partial charge in [0.25, 0.3) is 0 Å². The predicted molar refractivity (Wildman–Crippen MR) is 68.2 cm³/mol. The maximum atomic E-state index is 10.6. The summed E-state index contributed by atoms with van der Waals surface area (Å²) >= 11 is 0. The van der Waals surface area contributed by atoms with Crippen LogP contribution in [0.5, 0.6) is 0 Å². The van der Waals surface area contributed by atoms with Crippen LogP contribution in [0.3, 0.4) is 0 Å². The van der Waals surface area contributed by atoms with Crippen molar-refractivity contribution in [1.29, 1.82) is 0 Å². The molecule has 0 heterocycles. The van der Waals surface area contributed by atoms with Gasteiger partial charge in [0, 0.05) is 12.6 Å². The minimum Gasteiger partial charge on any atom is -0.326 e. The van der Waals surface area contributed by atoms with Crippen molar-refractivity contribution < 1.29 is 4.79 Å². The van der Waals surface area contributed by atoms with Gasteiger partial charge in [0.2, 0.25) is 5.91 Å². The third-order valence-electron chi connectivity index (χ3n) is 1.37. The molecular formula is C13H23NO. The average Bonchev–Trinajstić information content (AvgIpc) is 2.27. The molecule has 1 N–H and O–H groups in total. The number of rotatable bonds is 1. The summed E-state index contributed by atoms with van der Waals surface area (Å²) in [4.78, 5) is 10.6. The zero-order chi connectivity index (χ0) is 12.3. The first-order chi connectivity index (χ1) is 7.18. The molecule has 0 aliphatic heterocycles. The Balaban J connectivity index is 0. The van der Waals surface area contributed by atoms with Crippen LogP contribution in [0, 0.1) is 6.92 Å². The van der Waals surface area contributed by atoms with Crippen molar-refractivity contribution in [3.63, 3.8) is 0 Å². The van der Waals surface area contributed by atoms with E-state index >= 15 is 0 Å². The molecule has 0 bridgehead atoms. The Labute approximate surface area is 93.7 Å². The van der Waals surface area contributed by atoms with E-state index in [4.69, 9.17) is 0 Å². The summed E-state index contributed by atoms with van der Waals surface area (Å²) in [5, 5.41) is 2.69. The smallest absolute Gasteiger partial charge is 0.221 e. The molecule has 0 aromatic heterocycles. The van der Waals surface area contributed by atoms with Gasteiger partial charge in [-0.05, 0) is 19.1 Å². The lowest BCUT2D eigenvalue weighted by Crippen LogP contribution is -2.05. The lowest BCUT2D eigenvalue weighted by Gasteiger charge is -2.00. The average molecular weight is 209 g/mol. The van der Waals surface area contributed by atoms with E-state index < -0.39 is 0 Å². The van der Waals surface area contributed by atoms with Crippen LogP contribution < -0.4 is 5.32 Å². The van der Waals surface area contributed by atoms with Crippen molar-refractivity contribution in [2.24, 2.45) is 0 Å². The number of carbonyl (C=O) groups is 1. The van der Waals surface area contributed by atoms with E-state index in [2.05, 4.69) is 5.32 Å². The molecule has 0 radical (unpaired) electrons. The molecule has 1 aromatic rings. The lowest BCUT2D eigenvalue weighted by molar-refractivity contribution is -0.114. The van der Waals surface area contributed by atoms with Crippen molar-refractivity contribution in [2.45, 2.75) is 41.5 Å². The second-order valence-electron chi connectivity index (χ2n) is 2.55. The Kier molecular flexibility index (Phi) is 11.6. The van der Waals surface area contributed by atoms with Gasteiger partial charge in [-0.3, -0.25) is 4.79 Å². The molecule has 0 unspecified atom stereocenters. The SMILES string of the molecule is CC.CC.CC(=O)Nc1ccc(C)cc1. The van der Waals surface area contributed by atoms with Crippen LogP contribution in [0.4, 0.5) is 5.69 Å². The van der Waals surface area contributed by atoms with Gasteiger partial charge in [0.15, 0.2) is 0 Å². The molecule has 1 aromatic carbocycles. The molecule has 1 rings (SSSR count). The number of carbonyl (C=O) groups excluding carboxylic acids is 1. The minimum atomic E-state index is -0.0335. The molecular weight excluding hydrogens is 186 g/mol. The molecule has 0 aliphatic carbocycles. The van der Waals surface area contributed by atoms with E-state index in [1.807, 2.05) is 58.9 Å². The van der Waals surface area contributed by atoms with Crippen LogP contribution in [0.2, 0.25) is 0 Å². The van der Waals surface area contributed by atoms with Gasteiger partial charge in [0.05, 0.1) is 0 Å². The summed E-state index contributed by atoms with van der Waals surface area (Å²) in [6.45, 7) is 11.5. The second-order valence-corrected chi connectivity index (χ2v) is 2.55. The summed E-state index contributed by atoms with van der Waals surface area (Å²) in [6.07, 6.45) is 0. The summed E-state index contributed by atoms with van der Waals surface area (Å²) in [5.41, 5.74) is 2.04. The summed E-state index contributed by atoms with van der Waals surface area (Å²) < 4.78 is 0. The van der Waals surface area contributed by atoms with Crippen LogP contribution in [0.15, 0.2) is 24.3 Å². The summed E-state index contributed by atoms with van der Waals surface area (Å²) in [6, 6.07) is 7.70. The fourth-order valence-electron chi connectivity index (χ4n) is 0.840. The highest BCUT2D eigenvalue weighted by Crippen LogP contribution is 2.07. The van der Waals surface area contributed by atoms with E-state index in [1.165, 1.54) is 12.5 Å². The largest absolute Gasteiger partial charge is 0.326 e. The predicted octanol–water partition coefficient (Wildman–Crippen LogP) is 4.01. The van der Waals surface area contributed by atoms with Gasteiger partial charge in [-0.25, -0.2) is 0 Å². The minimum absolute atomic E-state index is 0.0335. The number of hydrogen-bond acceptors (Lipinski definition) is 1. The van der Waals surface area contributed by atoms with Crippen LogP contribution in [-0.4, -0.2) is 5.91 Å². The molecule has 0 fully saturated rings. The highest BCUT2D eigenvalue weighted by molar-refractivity contribution is 5.88. The van der Waals surface area contributed by atoms with Crippen LogP contribution >= 0.6 is 0 Å². The van der Waals surface area contributed by atoms with Crippen molar-refractivity contribution in [2.75, 3.05) is 5.32 Å². The number of aryl methyl sites for hydroxylation is 1. The first-order valence-corrected chi connectivity index (χ1v) is 5.53. The first kappa shape index (κ1) is 16.1. The van der Waals surface area contributed by atoms with Gasteiger partial charge in [-0.15, -0.1) is 0 Å². The Morgan fingerprint density at radius 1 is 1.00 bits per heavy atom.